The maximum atomic E-state index is 12.9. The standard InChI is InChI=1S/C19H25N3O4/c1-13-17(14(2)26-20-13)12-21-7-9-22(10-8-21)19(23)16-11-15(24-3)5-6-18(16)25-4/h5-6,11H,7-10,12H2,1-4H3. The molecule has 0 atom stereocenters. The highest BCUT2D eigenvalue weighted by molar-refractivity contribution is 5.97. The fourth-order valence-corrected chi connectivity index (χ4v) is 3.21. The Bertz CT molecular complexity index is 760. The van der Waals surface area contributed by atoms with E-state index in [9.17, 15) is 4.79 Å². The van der Waals surface area contributed by atoms with Crippen molar-refractivity contribution in [2.45, 2.75) is 20.4 Å². The predicted molar refractivity (Wildman–Crippen MR) is 96.7 cm³/mol. The van der Waals surface area contributed by atoms with Crippen LogP contribution >= 0.6 is 0 Å². The second-order valence-corrected chi connectivity index (χ2v) is 6.44. The molecule has 0 aliphatic carbocycles. The molecule has 1 saturated heterocycles. The fourth-order valence-electron chi connectivity index (χ4n) is 3.21. The molecule has 2 heterocycles. The highest BCUT2D eigenvalue weighted by Gasteiger charge is 2.25. The van der Waals surface area contributed by atoms with Crippen LogP contribution in [-0.2, 0) is 6.54 Å². The lowest BCUT2D eigenvalue weighted by Gasteiger charge is -2.35. The second kappa shape index (κ2) is 7.78. The van der Waals surface area contributed by atoms with E-state index in [0.29, 0.717) is 30.2 Å². The number of benzene rings is 1. The number of hydrogen-bond donors (Lipinski definition) is 0. The third-order valence-corrected chi connectivity index (χ3v) is 4.86. The summed E-state index contributed by atoms with van der Waals surface area (Å²) in [6.45, 7) is 7.64. The average molecular weight is 359 g/mol. The molecule has 0 unspecified atom stereocenters. The van der Waals surface area contributed by atoms with E-state index in [1.54, 1.807) is 32.4 Å². The van der Waals surface area contributed by atoms with Gasteiger partial charge < -0.3 is 18.9 Å². The Hall–Kier alpha value is -2.54. The van der Waals surface area contributed by atoms with Gasteiger partial charge in [-0.15, -0.1) is 0 Å². The molecule has 1 aromatic heterocycles. The molecule has 1 aromatic carbocycles. The van der Waals surface area contributed by atoms with Gasteiger partial charge in [0.2, 0.25) is 0 Å². The molecule has 0 N–H and O–H groups in total. The summed E-state index contributed by atoms with van der Waals surface area (Å²) in [4.78, 5) is 17.1. The minimum absolute atomic E-state index is 0.0299. The number of carbonyl (C=O) groups excluding carboxylic acids is 1. The van der Waals surface area contributed by atoms with Crippen LogP contribution in [0.3, 0.4) is 0 Å². The highest BCUT2D eigenvalue weighted by atomic mass is 16.5. The minimum atomic E-state index is -0.0299. The van der Waals surface area contributed by atoms with Gasteiger partial charge in [-0.2, -0.15) is 0 Å². The van der Waals surface area contributed by atoms with E-state index in [-0.39, 0.29) is 5.91 Å². The van der Waals surface area contributed by atoms with Crippen LogP contribution in [-0.4, -0.2) is 61.3 Å². The molecule has 1 aliphatic heterocycles. The Morgan fingerprint density at radius 1 is 1.15 bits per heavy atom. The Labute approximate surface area is 153 Å². The van der Waals surface area contributed by atoms with Crippen molar-refractivity contribution >= 4 is 5.91 Å². The van der Waals surface area contributed by atoms with Gasteiger partial charge in [0.1, 0.15) is 17.3 Å². The summed E-state index contributed by atoms with van der Waals surface area (Å²) in [5.74, 6) is 2.04. The lowest BCUT2D eigenvalue weighted by Crippen LogP contribution is -2.48. The average Bonchev–Trinajstić information content (AvgIpc) is 2.99. The molecule has 7 heteroatoms. The molecule has 0 bridgehead atoms. The summed E-state index contributed by atoms with van der Waals surface area (Å²) in [5, 5.41) is 4.01. The topological polar surface area (TPSA) is 68.0 Å². The maximum Gasteiger partial charge on any atom is 0.257 e. The zero-order valence-corrected chi connectivity index (χ0v) is 15.7. The number of carbonyl (C=O) groups is 1. The van der Waals surface area contributed by atoms with Gasteiger partial charge in [-0.05, 0) is 32.0 Å². The SMILES string of the molecule is COc1ccc(OC)c(C(=O)N2CCN(Cc3c(C)noc3C)CC2)c1. The van der Waals surface area contributed by atoms with E-state index in [2.05, 4.69) is 10.1 Å². The molecular formula is C19H25N3O4. The molecule has 0 spiro atoms. The maximum absolute atomic E-state index is 12.9. The van der Waals surface area contributed by atoms with Gasteiger partial charge >= 0.3 is 0 Å². The molecular weight excluding hydrogens is 334 g/mol. The molecule has 0 saturated carbocycles. The number of hydrogen-bond acceptors (Lipinski definition) is 6. The van der Waals surface area contributed by atoms with E-state index < -0.39 is 0 Å². The van der Waals surface area contributed by atoms with Crippen LogP contribution in [0, 0.1) is 13.8 Å². The lowest BCUT2D eigenvalue weighted by molar-refractivity contribution is 0.0624. The van der Waals surface area contributed by atoms with Crippen LogP contribution in [0.2, 0.25) is 0 Å². The first-order chi connectivity index (χ1) is 12.5. The number of amides is 1. The van der Waals surface area contributed by atoms with Crippen LogP contribution in [0.1, 0.15) is 27.4 Å². The largest absolute Gasteiger partial charge is 0.497 e. The smallest absolute Gasteiger partial charge is 0.257 e. The summed E-state index contributed by atoms with van der Waals surface area (Å²) in [5.41, 5.74) is 2.60. The summed E-state index contributed by atoms with van der Waals surface area (Å²) in [6.07, 6.45) is 0. The third-order valence-electron chi connectivity index (χ3n) is 4.86. The van der Waals surface area contributed by atoms with Crippen molar-refractivity contribution in [1.29, 1.82) is 0 Å². The first-order valence-corrected chi connectivity index (χ1v) is 8.69. The van der Waals surface area contributed by atoms with Crippen LogP contribution in [0.5, 0.6) is 11.5 Å². The number of nitrogens with zero attached hydrogens (tertiary/aromatic N) is 3. The first-order valence-electron chi connectivity index (χ1n) is 8.69. The van der Waals surface area contributed by atoms with Crippen molar-refractivity contribution in [3.63, 3.8) is 0 Å². The highest BCUT2D eigenvalue weighted by Crippen LogP contribution is 2.26. The van der Waals surface area contributed by atoms with Gasteiger partial charge in [0.15, 0.2) is 0 Å². The quantitative estimate of drug-likeness (QED) is 0.816. The lowest BCUT2D eigenvalue weighted by atomic mass is 10.1. The molecule has 0 radical (unpaired) electrons. The van der Waals surface area contributed by atoms with Crippen LogP contribution in [0.4, 0.5) is 0 Å². The normalized spacial score (nSPS) is 15.2. The van der Waals surface area contributed by atoms with Crippen LogP contribution < -0.4 is 9.47 Å². The predicted octanol–water partition coefficient (Wildman–Crippen LogP) is 2.27. The number of piperazine rings is 1. The van der Waals surface area contributed by atoms with Crippen LogP contribution in [0.15, 0.2) is 22.7 Å². The summed E-state index contributed by atoms with van der Waals surface area (Å²) < 4.78 is 15.8. The van der Waals surface area contributed by atoms with E-state index in [1.807, 2.05) is 18.7 Å². The second-order valence-electron chi connectivity index (χ2n) is 6.44. The van der Waals surface area contributed by atoms with Gasteiger partial charge in [-0.25, -0.2) is 0 Å². The van der Waals surface area contributed by atoms with Crippen molar-refractivity contribution in [1.82, 2.24) is 15.0 Å². The summed E-state index contributed by atoms with van der Waals surface area (Å²) >= 11 is 0. The third kappa shape index (κ3) is 3.67. The Kier molecular flexibility index (Phi) is 5.46. The molecule has 1 amide bonds. The zero-order chi connectivity index (χ0) is 18.7. The zero-order valence-electron chi connectivity index (χ0n) is 15.7. The van der Waals surface area contributed by atoms with Crippen molar-refractivity contribution in [3.05, 3.63) is 40.8 Å². The van der Waals surface area contributed by atoms with Gasteiger partial charge in [0, 0.05) is 38.3 Å². The van der Waals surface area contributed by atoms with E-state index in [4.69, 9.17) is 14.0 Å². The van der Waals surface area contributed by atoms with Gasteiger partial charge in [-0.3, -0.25) is 9.69 Å². The molecule has 2 aromatic rings. The molecule has 1 aliphatic rings. The van der Waals surface area contributed by atoms with Crippen LogP contribution in [0.25, 0.3) is 0 Å². The van der Waals surface area contributed by atoms with Gasteiger partial charge in [0.05, 0.1) is 25.5 Å². The van der Waals surface area contributed by atoms with E-state index in [1.165, 1.54) is 0 Å². The number of ether oxygens (including phenoxy) is 2. The molecule has 26 heavy (non-hydrogen) atoms. The number of rotatable bonds is 5. The Balaban J connectivity index is 1.65. The number of aromatic nitrogens is 1. The van der Waals surface area contributed by atoms with Crippen molar-refractivity contribution in [2.24, 2.45) is 0 Å². The number of methoxy groups -OCH3 is 2. The van der Waals surface area contributed by atoms with Crippen molar-refractivity contribution < 1.29 is 18.8 Å². The Morgan fingerprint density at radius 3 is 2.46 bits per heavy atom. The molecule has 140 valence electrons. The van der Waals surface area contributed by atoms with E-state index >= 15 is 0 Å². The van der Waals surface area contributed by atoms with Crippen molar-refractivity contribution in [3.8, 4) is 11.5 Å². The fraction of sp³-hybridized carbons (Fsp3) is 0.474. The number of aryl methyl sites for hydroxylation is 2. The Morgan fingerprint density at radius 2 is 1.88 bits per heavy atom. The molecule has 7 nitrogen and oxygen atoms in total. The molecule has 3 rings (SSSR count). The van der Waals surface area contributed by atoms with Crippen molar-refractivity contribution in [2.75, 3.05) is 40.4 Å². The minimum Gasteiger partial charge on any atom is -0.497 e. The van der Waals surface area contributed by atoms with Gasteiger partial charge in [-0.1, -0.05) is 5.16 Å². The monoisotopic (exact) mass is 359 g/mol. The first kappa shape index (κ1) is 18.3. The van der Waals surface area contributed by atoms with Gasteiger partial charge in [0.25, 0.3) is 5.91 Å². The summed E-state index contributed by atoms with van der Waals surface area (Å²) in [7, 11) is 3.16. The molecule has 1 fully saturated rings. The summed E-state index contributed by atoms with van der Waals surface area (Å²) in [6, 6.07) is 5.29. The van der Waals surface area contributed by atoms with E-state index in [0.717, 1.165) is 36.7 Å².